The Morgan fingerprint density at radius 3 is 2.77 bits per heavy atom. The zero-order chi connectivity index (χ0) is 15.9. The molecule has 0 aliphatic rings. The molecule has 0 fully saturated rings. The van der Waals surface area contributed by atoms with Crippen LogP contribution in [0.1, 0.15) is 31.2 Å². The molecule has 3 rings (SSSR count). The number of aromatic nitrogens is 4. The van der Waals surface area contributed by atoms with Gasteiger partial charge in [-0.15, -0.1) is 0 Å². The van der Waals surface area contributed by atoms with E-state index in [0.29, 0.717) is 16.8 Å². The fraction of sp³-hybridized carbons (Fsp3) is 0.333. The van der Waals surface area contributed by atoms with E-state index in [1.54, 1.807) is 31.4 Å². The average molecular weight is 300 g/mol. The molecule has 0 N–H and O–H groups in total. The molecule has 3 aromatic rings. The van der Waals surface area contributed by atoms with E-state index in [9.17, 15) is 9.59 Å². The lowest BCUT2D eigenvalue weighted by molar-refractivity contribution is 0.365. The third-order valence-corrected chi connectivity index (χ3v) is 3.58. The van der Waals surface area contributed by atoms with E-state index in [-0.39, 0.29) is 18.0 Å². The third-order valence-electron chi connectivity index (χ3n) is 3.58. The first-order chi connectivity index (χ1) is 10.5. The van der Waals surface area contributed by atoms with Crippen molar-refractivity contribution in [1.82, 2.24) is 19.3 Å². The van der Waals surface area contributed by atoms with E-state index >= 15 is 0 Å². The highest BCUT2D eigenvalue weighted by Gasteiger charge is 2.14. The highest BCUT2D eigenvalue weighted by Crippen LogP contribution is 2.14. The number of hydrogen-bond donors (Lipinski definition) is 0. The second-order valence-electron chi connectivity index (χ2n) is 5.48. The summed E-state index contributed by atoms with van der Waals surface area (Å²) in [6.07, 6.45) is 1.55. The van der Waals surface area contributed by atoms with Gasteiger partial charge in [0.2, 0.25) is 0 Å². The van der Waals surface area contributed by atoms with Crippen LogP contribution in [-0.4, -0.2) is 19.3 Å². The molecule has 0 saturated carbocycles. The molecule has 3 aromatic heterocycles. The molecule has 0 spiro atoms. The summed E-state index contributed by atoms with van der Waals surface area (Å²) < 4.78 is 7.71. The third kappa shape index (κ3) is 2.24. The molecule has 22 heavy (non-hydrogen) atoms. The van der Waals surface area contributed by atoms with Crippen LogP contribution in [0.5, 0.6) is 0 Å². The zero-order valence-corrected chi connectivity index (χ0v) is 12.6. The molecule has 7 heteroatoms. The maximum Gasteiger partial charge on any atom is 0.332 e. The van der Waals surface area contributed by atoms with Crippen LogP contribution in [-0.2, 0) is 13.6 Å². The minimum atomic E-state index is -0.432. The summed E-state index contributed by atoms with van der Waals surface area (Å²) in [6, 6.07) is 5.09. The first-order valence-corrected chi connectivity index (χ1v) is 6.99. The Morgan fingerprint density at radius 1 is 1.32 bits per heavy atom. The number of aryl methyl sites for hydroxylation is 1. The maximum atomic E-state index is 12.5. The van der Waals surface area contributed by atoms with Gasteiger partial charge < -0.3 is 4.52 Å². The van der Waals surface area contributed by atoms with Crippen molar-refractivity contribution in [2.75, 3.05) is 0 Å². The molecular formula is C15H16N4O3. The molecule has 3 heterocycles. The Bertz CT molecular complexity index is 949. The van der Waals surface area contributed by atoms with Gasteiger partial charge in [-0.2, -0.15) is 0 Å². The van der Waals surface area contributed by atoms with Crippen LogP contribution >= 0.6 is 0 Å². The van der Waals surface area contributed by atoms with E-state index in [2.05, 4.69) is 10.1 Å². The summed E-state index contributed by atoms with van der Waals surface area (Å²) in [4.78, 5) is 29.0. The van der Waals surface area contributed by atoms with E-state index in [1.165, 1.54) is 4.57 Å². The Kier molecular flexibility index (Phi) is 3.40. The van der Waals surface area contributed by atoms with Crippen molar-refractivity contribution in [2.24, 2.45) is 7.05 Å². The minimum Gasteiger partial charge on any atom is -0.359 e. The minimum absolute atomic E-state index is 0.0516. The number of fused-ring (bicyclic) bond motifs is 1. The number of nitrogens with zero attached hydrogens (tertiary/aromatic N) is 4. The Hall–Kier alpha value is -2.70. The number of hydrogen-bond acceptors (Lipinski definition) is 5. The summed E-state index contributed by atoms with van der Waals surface area (Å²) in [5, 5.41) is 4.34. The second kappa shape index (κ2) is 5.25. The monoisotopic (exact) mass is 300 g/mol. The van der Waals surface area contributed by atoms with Gasteiger partial charge in [-0.3, -0.25) is 13.9 Å². The van der Waals surface area contributed by atoms with Crippen molar-refractivity contribution in [1.29, 1.82) is 0 Å². The van der Waals surface area contributed by atoms with Crippen molar-refractivity contribution >= 4 is 11.0 Å². The van der Waals surface area contributed by atoms with E-state index in [0.717, 1.165) is 10.3 Å². The van der Waals surface area contributed by atoms with Crippen LogP contribution in [0.15, 0.2) is 38.5 Å². The maximum absolute atomic E-state index is 12.5. The van der Waals surface area contributed by atoms with Gasteiger partial charge in [0.15, 0.2) is 5.76 Å². The van der Waals surface area contributed by atoms with Crippen LogP contribution in [0.2, 0.25) is 0 Å². The first-order valence-electron chi connectivity index (χ1n) is 6.99. The quantitative estimate of drug-likeness (QED) is 0.727. The summed E-state index contributed by atoms with van der Waals surface area (Å²) >= 11 is 0. The van der Waals surface area contributed by atoms with Crippen LogP contribution < -0.4 is 11.2 Å². The van der Waals surface area contributed by atoms with Crippen LogP contribution in [0.3, 0.4) is 0 Å². The lowest BCUT2D eigenvalue weighted by Gasteiger charge is -2.08. The van der Waals surface area contributed by atoms with E-state index in [4.69, 9.17) is 4.52 Å². The molecule has 0 atom stereocenters. The van der Waals surface area contributed by atoms with Crippen LogP contribution in [0.4, 0.5) is 0 Å². The van der Waals surface area contributed by atoms with Crippen molar-refractivity contribution in [3.63, 3.8) is 0 Å². The highest BCUT2D eigenvalue weighted by molar-refractivity contribution is 5.73. The van der Waals surface area contributed by atoms with Gasteiger partial charge in [-0.1, -0.05) is 19.0 Å². The van der Waals surface area contributed by atoms with Gasteiger partial charge >= 0.3 is 5.69 Å². The zero-order valence-electron chi connectivity index (χ0n) is 12.6. The van der Waals surface area contributed by atoms with Crippen molar-refractivity contribution in [3.05, 3.63) is 56.7 Å². The summed E-state index contributed by atoms with van der Waals surface area (Å²) in [5.74, 6) is 0.698. The largest absolute Gasteiger partial charge is 0.359 e. The predicted molar refractivity (Wildman–Crippen MR) is 80.9 cm³/mol. The Morgan fingerprint density at radius 2 is 2.09 bits per heavy atom. The average Bonchev–Trinajstić information content (AvgIpc) is 2.98. The molecule has 0 aliphatic carbocycles. The molecule has 114 valence electrons. The second-order valence-corrected chi connectivity index (χ2v) is 5.48. The molecule has 0 amide bonds. The van der Waals surface area contributed by atoms with Gasteiger partial charge in [0.25, 0.3) is 5.56 Å². The molecular weight excluding hydrogens is 284 g/mol. The highest BCUT2D eigenvalue weighted by atomic mass is 16.5. The van der Waals surface area contributed by atoms with Crippen LogP contribution in [0, 0.1) is 0 Å². The lowest BCUT2D eigenvalue weighted by Crippen LogP contribution is -2.39. The van der Waals surface area contributed by atoms with Crippen LogP contribution in [0.25, 0.3) is 11.0 Å². The number of pyridine rings is 1. The SMILES string of the molecule is CC(C)c1cc(Cn2c(=O)c3cccnc3n(C)c2=O)on1. The summed E-state index contributed by atoms with van der Waals surface area (Å²) in [6.45, 7) is 4.04. The topological polar surface area (TPSA) is 82.9 Å². The van der Waals surface area contributed by atoms with Crippen molar-refractivity contribution in [3.8, 4) is 0 Å². The molecule has 7 nitrogen and oxygen atoms in total. The summed E-state index contributed by atoms with van der Waals surface area (Å²) in [5.41, 5.74) is 0.351. The normalized spacial score (nSPS) is 11.5. The molecule has 0 aromatic carbocycles. The Balaban J connectivity index is 2.14. The molecule has 0 unspecified atom stereocenters. The van der Waals surface area contributed by atoms with Gasteiger partial charge in [0.1, 0.15) is 5.65 Å². The first kappa shape index (κ1) is 14.2. The van der Waals surface area contributed by atoms with Gasteiger partial charge in [-0.25, -0.2) is 9.78 Å². The fourth-order valence-electron chi connectivity index (χ4n) is 2.31. The standard InChI is InChI=1S/C15H16N4O3/c1-9(2)12-7-10(22-17-12)8-19-14(20)11-5-4-6-16-13(11)18(3)15(19)21/h4-7,9H,8H2,1-3H3. The van der Waals surface area contributed by atoms with Crippen molar-refractivity contribution < 1.29 is 4.52 Å². The fourth-order valence-corrected chi connectivity index (χ4v) is 2.31. The number of rotatable bonds is 3. The van der Waals surface area contributed by atoms with Gasteiger partial charge in [0.05, 0.1) is 17.6 Å². The summed E-state index contributed by atoms with van der Waals surface area (Å²) in [7, 11) is 1.59. The molecule has 0 aliphatic heterocycles. The van der Waals surface area contributed by atoms with Gasteiger partial charge in [0, 0.05) is 19.3 Å². The smallest absolute Gasteiger partial charge is 0.332 e. The lowest BCUT2D eigenvalue weighted by atomic mass is 10.1. The molecule has 0 bridgehead atoms. The Labute approximate surface area is 125 Å². The van der Waals surface area contributed by atoms with E-state index in [1.807, 2.05) is 13.8 Å². The van der Waals surface area contributed by atoms with E-state index < -0.39 is 5.69 Å². The molecule has 0 radical (unpaired) electrons. The van der Waals surface area contributed by atoms with Crippen molar-refractivity contribution in [2.45, 2.75) is 26.3 Å². The predicted octanol–water partition coefficient (Wildman–Crippen LogP) is 1.25. The molecule has 0 saturated heterocycles. The van der Waals surface area contributed by atoms with Gasteiger partial charge in [-0.05, 0) is 18.1 Å².